The first kappa shape index (κ1) is 29.3. The van der Waals surface area contributed by atoms with Crippen molar-refractivity contribution in [1.29, 1.82) is 0 Å². The molecule has 2 N–H and O–H groups in total. The number of carbonyl (C=O) groups is 5. The first-order chi connectivity index (χ1) is 19.3. The molecule has 0 aliphatic carbocycles. The Morgan fingerprint density at radius 1 is 1.20 bits per heavy atom. The van der Waals surface area contributed by atoms with Crippen molar-refractivity contribution in [3.8, 4) is 0 Å². The van der Waals surface area contributed by atoms with Gasteiger partial charge < -0.3 is 25.0 Å². The Hall–Kier alpha value is -3.64. The zero-order chi connectivity index (χ0) is 28.6. The molecular formula is C28H34N4O7S. The number of thiazole rings is 1. The van der Waals surface area contributed by atoms with Crippen molar-refractivity contribution in [1.82, 2.24) is 20.1 Å². The van der Waals surface area contributed by atoms with Crippen LogP contribution in [0.15, 0.2) is 36.5 Å². The number of hydrogen-bond donors (Lipinski definition) is 2. The summed E-state index contributed by atoms with van der Waals surface area (Å²) in [6.45, 7) is 0.701. The first-order valence-corrected chi connectivity index (χ1v) is 14.2. The van der Waals surface area contributed by atoms with E-state index in [4.69, 9.17) is 9.84 Å². The van der Waals surface area contributed by atoms with Crippen LogP contribution in [0.3, 0.4) is 0 Å². The average Bonchev–Trinajstić information content (AvgIpc) is 3.58. The van der Waals surface area contributed by atoms with Crippen molar-refractivity contribution >= 4 is 40.8 Å². The largest absolute Gasteiger partial charge is 0.481 e. The third-order valence-corrected chi connectivity index (χ3v) is 8.25. The van der Waals surface area contributed by atoms with E-state index in [-0.39, 0.29) is 35.8 Å². The lowest BCUT2D eigenvalue weighted by Gasteiger charge is -2.39. The number of hydrogen-bond acceptors (Lipinski definition) is 8. The maximum Gasteiger partial charge on any atom is 0.308 e. The molecule has 11 nitrogen and oxygen atoms in total. The van der Waals surface area contributed by atoms with Gasteiger partial charge in [-0.1, -0.05) is 30.3 Å². The number of fused-ring (bicyclic) bond motifs is 1. The van der Waals surface area contributed by atoms with Gasteiger partial charge in [-0.05, 0) is 37.7 Å². The second kappa shape index (κ2) is 13.6. The minimum atomic E-state index is -1.02. The van der Waals surface area contributed by atoms with Gasteiger partial charge in [0.1, 0.15) is 6.04 Å². The summed E-state index contributed by atoms with van der Waals surface area (Å²) in [7, 11) is 1.55. The summed E-state index contributed by atoms with van der Waals surface area (Å²) in [5.74, 6) is -2.20. The number of carboxylic acids is 1. The number of ketones is 1. The second-order valence-corrected chi connectivity index (χ2v) is 11.2. The maximum absolute atomic E-state index is 13.4. The summed E-state index contributed by atoms with van der Waals surface area (Å²) in [5.41, 5.74) is 1.06. The minimum Gasteiger partial charge on any atom is -0.481 e. The van der Waals surface area contributed by atoms with E-state index in [1.807, 2.05) is 30.3 Å². The Balaban J connectivity index is 1.37. The predicted molar refractivity (Wildman–Crippen MR) is 146 cm³/mol. The molecule has 2 aliphatic heterocycles. The number of benzene rings is 1. The van der Waals surface area contributed by atoms with Crippen molar-refractivity contribution < 1.29 is 33.8 Å². The predicted octanol–water partition coefficient (Wildman–Crippen LogP) is 1.70. The van der Waals surface area contributed by atoms with Crippen LogP contribution in [-0.2, 0) is 36.8 Å². The van der Waals surface area contributed by atoms with Crippen molar-refractivity contribution in [2.75, 3.05) is 26.8 Å². The molecule has 0 saturated carbocycles. The number of aliphatic carboxylic acids is 1. The van der Waals surface area contributed by atoms with Crippen LogP contribution in [0.5, 0.6) is 0 Å². The van der Waals surface area contributed by atoms with Gasteiger partial charge in [-0.15, -0.1) is 11.3 Å². The molecule has 3 atom stereocenters. The number of aromatic nitrogens is 1. The SMILES string of the molecule is COCCCC(NC(=O)C1CC[C@H]2CN(C(=O)CCc3ccccc3)CC(=O)N12)C(=O)c1ncc(CC(=O)O)s1. The lowest BCUT2D eigenvalue weighted by Crippen LogP contribution is -2.60. The standard InChI is InChI=1S/C28H34N4O7S/c1-39-13-5-8-21(26(37)28-29-15-20(40-28)14-25(35)36)30-27(38)22-11-10-19-16-31(17-24(34)32(19)22)23(33)12-9-18-6-3-2-4-7-18/h2-4,6-7,15,19,21-22H,5,8-14,16-17H2,1H3,(H,30,38)(H,35,36)/t19-,21?,22?/m0/s1. The summed E-state index contributed by atoms with van der Waals surface area (Å²) in [5, 5.41) is 12.0. The molecule has 1 aromatic carbocycles. The van der Waals surface area contributed by atoms with Gasteiger partial charge in [0.25, 0.3) is 0 Å². The molecule has 2 saturated heterocycles. The highest BCUT2D eigenvalue weighted by atomic mass is 32.1. The van der Waals surface area contributed by atoms with Gasteiger partial charge in [0.05, 0.1) is 25.0 Å². The monoisotopic (exact) mass is 570 g/mol. The molecule has 12 heteroatoms. The van der Waals surface area contributed by atoms with Gasteiger partial charge in [-0.3, -0.25) is 24.0 Å². The van der Waals surface area contributed by atoms with Crippen LogP contribution in [0.25, 0.3) is 0 Å². The van der Waals surface area contributed by atoms with Gasteiger partial charge in [-0.25, -0.2) is 4.98 Å². The molecule has 2 fully saturated rings. The second-order valence-electron chi connectivity index (χ2n) is 10.1. The average molecular weight is 571 g/mol. The van der Waals surface area contributed by atoms with Gasteiger partial charge in [-0.2, -0.15) is 0 Å². The molecule has 214 valence electrons. The van der Waals surface area contributed by atoms with Crippen LogP contribution >= 0.6 is 11.3 Å². The summed E-state index contributed by atoms with van der Waals surface area (Å²) in [4.78, 5) is 71.3. The lowest BCUT2D eigenvalue weighted by atomic mass is 10.1. The fourth-order valence-electron chi connectivity index (χ4n) is 5.27. The highest BCUT2D eigenvalue weighted by Gasteiger charge is 2.46. The van der Waals surface area contributed by atoms with E-state index in [1.54, 1.807) is 16.9 Å². The van der Waals surface area contributed by atoms with Gasteiger partial charge in [0, 0.05) is 37.8 Å². The number of rotatable bonds is 13. The highest BCUT2D eigenvalue weighted by molar-refractivity contribution is 7.13. The molecule has 40 heavy (non-hydrogen) atoms. The van der Waals surface area contributed by atoms with E-state index in [2.05, 4.69) is 10.3 Å². The van der Waals surface area contributed by atoms with E-state index in [0.29, 0.717) is 56.6 Å². The topological polar surface area (TPSA) is 146 Å². The van der Waals surface area contributed by atoms with Crippen LogP contribution in [0.1, 0.15) is 52.3 Å². The van der Waals surface area contributed by atoms with E-state index >= 15 is 0 Å². The number of amides is 3. The molecule has 3 heterocycles. The number of nitrogens with one attached hydrogen (secondary N) is 1. The fourth-order valence-corrected chi connectivity index (χ4v) is 6.17. The molecule has 0 spiro atoms. The number of piperazine rings is 1. The van der Waals surface area contributed by atoms with Gasteiger partial charge in [0.15, 0.2) is 5.01 Å². The molecule has 1 aromatic heterocycles. The molecule has 2 aliphatic rings. The van der Waals surface area contributed by atoms with Crippen molar-refractivity contribution in [2.24, 2.45) is 0 Å². The van der Waals surface area contributed by atoms with E-state index in [1.165, 1.54) is 6.20 Å². The van der Waals surface area contributed by atoms with E-state index < -0.39 is 29.7 Å². The number of carbonyl (C=O) groups excluding carboxylic acids is 4. The third kappa shape index (κ3) is 7.30. The number of carboxylic acid groups (broad SMARTS) is 1. The summed E-state index contributed by atoms with van der Waals surface area (Å²) >= 11 is 0.994. The number of ether oxygens (including phenoxy) is 1. The van der Waals surface area contributed by atoms with E-state index in [0.717, 1.165) is 16.9 Å². The van der Waals surface area contributed by atoms with Crippen LogP contribution in [-0.4, -0.2) is 94.3 Å². The smallest absolute Gasteiger partial charge is 0.308 e. The number of nitrogens with zero attached hydrogens (tertiary/aromatic N) is 3. The van der Waals surface area contributed by atoms with Crippen molar-refractivity contribution in [3.63, 3.8) is 0 Å². The summed E-state index contributed by atoms with van der Waals surface area (Å²) in [6.07, 6.45) is 3.87. The summed E-state index contributed by atoms with van der Waals surface area (Å²) < 4.78 is 5.10. The normalized spacial score (nSPS) is 19.3. The van der Waals surface area contributed by atoms with Crippen LogP contribution in [0.4, 0.5) is 0 Å². The minimum absolute atomic E-state index is 0.0738. The molecule has 0 radical (unpaired) electrons. The maximum atomic E-state index is 13.4. The molecule has 2 unspecified atom stereocenters. The third-order valence-electron chi connectivity index (χ3n) is 7.24. The van der Waals surface area contributed by atoms with Crippen molar-refractivity contribution in [3.05, 3.63) is 52.0 Å². The van der Waals surface area contributed by atoms with Crippen LogP contribution in [0.2, 0.25) is 0 Å². The first-order valence-electron chi connectivity index (χ1n) is 13.4. The quantitative estimate of drug-likeness (QED) is 0.273. The molecular weight excluding hydrogens is 536 g/mol. The zero-order valence-electron chi connectivity index (χ0n) is 22.4. The number of methoxy groups -OCH3 is 1. The molecule has 3 amide bonds. The number of Topliss-reactive ketones (excluding diaryl/α,β-unsaturated/α-hetero) is 1. The molecule has 0 bridgehead atoms. The van der Waals surface area contributed by atoms with Crippen LogP contribution in [0, 0.1) is 0 Å². The Bertz CT molecular complexity index is 1230. The molecule has 4 rings (SSSR count). The van der Waals surface area contributed by atoms with Gasteiger partial charge in [0.2, 0.25) is 23.5 Å². The summed E-state index contributed by atoms with van der Waals surface area (Å²) in [6, 6.07) is 7.84. The fraction of sp³-hybridized carbons (Fsp3) is 0.500. The van der Waals surface area contributed by atoms with Crippen LogP contribution < -0.4 is 5.32 Å². The Morgan fingerprint density at radius 2 is 1.98 bits per heavy atom. The Morgan fingerprint density at radius 3 is 2.70 bits per heavy atom. The number of aryl methyl sites for hydroxylation is 1. The Labute approximate surface area is 236 Å². The van der Waals surface area contributed by atoms with E-state index in [9.17, 15) is 24.0 Å². The Kier molecular flexibility index (Phi) is 9.99. The molecule has 2 aromatic rings. The van der Waals surface area contributed by atoms with Gasteiger partial charge >= 0.3 is 5.97 Å². The highest BCUT2D eigenvalue weighted by Crippen LogP contribution is 2.29. The van der Waals surface area contributed by atoms with Crippen molar-refractivity contribution in [2.45, 2.75) is 63.1 Å². The zero-order valence-corrected chi connectivity index (χ0v) is 23.2. The lowest BCUT2D eigenvalue weighted by molar-refractivity contribution is -0.151.